The maximum absolute atomic E-state index is 14.0. The maximum atomic E-state index is 14.0. The van der Waals surface area contributed by atoms with Gasteiger partial charge in [0.1, 0.15) is 10.5 Å². The molecule has 0 saturated carbocycles. The van der Waals surface area contributed by atoms with Crippen LogP contribution in [0, 0.1) is 11.6 Å². The third-order valence-electron chi connectivity index (χ3n) is 4.37. The third kappa shape index (κ3) is 4.18. The first-order valence-corrected chi connectivity index (χ1v) is 10.6. The van der Waals surface area contributed by atoms with Crippen LogP contribution in [0.3, 0.4) is 0 Å². The Morgan fingerprint density at radius 2 is 1.86 bits per heavy atom. The molecule has 0 N–H and O–H groups in total. The van der Waals surface area contributed by atoms with Crippen LogP contribution in [0.5, 0.6) is 5.75 Å². The molecule has 148 valence electrons. The molecular weight excluding hydrogens is 414 g/mol. The summed E-state index contributed by atoms with van der Waals surface area (Å²) < 4.78 is 34.3. The minimum Gasteiger partial charge on any atom is -0.494 e. The summed E-state index contributed by atoms with van der Waals surface area (Å²) in [6.45, 7) is 0.277. The number of fused-ring (bicyclic) bond motifs is 1. The number of rotatable bonds is 6. The molecular formula is C21H16F2N2O2S2. The summed E-state index contributed by atoms with van der Waals surface area (Å²) in [6, 6.07) is 12.6. The lowest BCUT2D eigenvalue weighted by atomic mass is 10.2. The summed E-state index contributed by atoms with van der Waals surface area (Å²) in [4.78, 5) is 17.6. The largest absolute Gasteiger partial charge is 0.494 e. The highest BCUT2D eigenvalue weighted by Gasteiger charge is 2.14. The normalized spacial score (nSPS) is 11.1. The highest BCUT2D eigenvalue weighted by atomic mass is 32.2. The number of hydrogen-bond donors (Lipinski definition) is 0. The third-order valence-corrected chi connectivity index (χ3v) is 6.31. The van der Waals surface area contributed by atoms with Crippen LogP contribution in [-0.4, -0.2) is 16.7 Å². The van der Waals surface area contributed by atoms with E-state index in [4.69, 9.17) is 4.74 Å². The molecule has 4 aromatic rings. The van der Waals surface area contributed by atoms with Gasteiger partial charge >= 0.3 is 0 Å². The van der Waals surface area contributed by atoms with Crippen LogP contribution in [0.4, 0.5) is 8.78 Å². The first-order chi connectivity index (χ1) is 14.0. The first kappa shape index (κ1) is 19.6. The number of ether oxygens (including phenoxy) is 1. The molecule has 0 aliphatic carbocycles. The van der Waals surface area contributed by atoms with Crippen LogP contribution < -0.4 is 10.3 Å². The van der Waals surface area contributed by atoms with E-state index >= 15 is 0 Å². The molecule has 2 aromatic carbocycles. The molecule has 2 heterocycles. The molecule has 2 aromatic heterocycles. The van der Waals surface area contributed by atoms with E-state index in [1.807, 2.05) is 5.38 Å². The second kappa shape index (κ2) is 8.34. The van der Waals surface area contributed by atoms with Crippen molar-refractivity contribution in [3.8, 4) is 5.75 Å². The van der Waals surface area contributed by atoms with Gasteiger partial charge in [-0.2, -0.15) is 0 Å². The number of aromatic nitrogens is 2. The van der Waals surface area contributed by atoms with Gasteiger partial charge in [0, 0.05) is 5.75 Å². The van der Waals surface area contributed by atoms with Crippen molar-refractivity contribution in [3.05, 3.63) is 87.0 Å². The Labute approximate surface area is 173 Å². The number of nitrogens with zero attached hydrogens (tertiary/aromatic N) is 2. The monoisotopic (exact) mass is 430 g/mol. The predicted molar refractivity (Wildman–Crippen MR) is 112 cm³/mol. The van der Waals surface area contributed by atoms with Gasteiger partial charge in [0.05, 0.1) is 19.2 Å². The number of halogens is 2. The van der Waals surface area contributed by atoms with E-state index in [1.165, 1.54) is 48.4 Å². The zero-order chi connectivity index (χ0) is 20.4. The lowest BCUT2D eigenvalue weighted by Gasteiger charge is -2.12. The van der Waals surface area contributed by atoms with Gasteiger partial charge in [-0.1, -0.05) is 30.0 Å². The molecule has 0 atom stereocenters. The van der Waals surface area contributed by atoms with E-state index in [2.05, 4.69) is 4.98 Å². The van der Waals surface area contributed by atoms with Crippen LogP contribution in [0.1, 0.15) is 11.1 Å². The fraction of sp³-hybridized carbons (Fsp3) is 0.143. The molecule has 0 bridgehead atoms. The lowest BCUT2D eigenvalue weighted by molar-refractivity contribution is 0.386. The number of hydrogen-bond acceptors (Lipinski definition) is 5. The van der Waals surface area contributed by atoms with Crippen molar-refractivity contribution in [2.24, 2.45) is 0 Å². The predicted octanol–water partition coefficient (Wildman–Crippen LogP) is 5.09. The van der Waals surface area contributed by atoms with Crippen LogP contribution in [0.15, 0.2) is 63.9 Å². The van der Waals surface area contributed by atoms with Gasteiger partial charge < -0.3 is 4.74 Å². The molecule has 0 spiro atoms. The molecule has 0 unspecified atom stereocenters. The zero-order valence-electron chi connectivity index (χ0n) is 15.4. The van der Waals surface area contributed by atoms with Crippen molar-refractivity contribution in [1.82, 2.24) is 9.55 Å². The van der Waals surface area contributed by atoms with Crippen molar-refractivity contribution in [2.75, 3.05) is 7.11 Å². The number of methoxy groups -OCH3 is 1. The first-order valence-electron chi connectivity index (χ1n) is 8.73. The Morgan fingerprint density at radius 1 is 1.10 bits per heavy atom. The fourth-order valence-electron chi connectivity index (χ4n) is 2.89. The summed E-state index contributed by atoms with van der Waals surface area (Å²) in [6.07, 6.45) is 0. The SMILES string of the molecule is COc1ccc(CSc2nc3ccsc3c(=O)n2Cc2ccc(F)cc2)cc1F. The van der Waals surface area contributed by atoms with Crippen LogP contribution >= 0.6 is 23.1 Å². The topological polar surface area (TPSA) is 44.1 Å². The second-order valence-corrected chi connectivity index (χ2v) is 8.16. The number of benzene rings is 2. The second-order valence-electron chi connectivity index (χ2n) is 6.30. The molecule has 0 saturated heterocycles. The molecule has 0 fully saturated rings. The van der Waals surface area contributed by atoms with Gasteiger partial charge in [-0.25, -0.2) is 13.8 Å². The molecule has 4 rings (SSSR count). The fourth-order valence-corrected chi connectivity index (χ4v) is 4.61. The minimum absolute atomic E-state index is 0.141. The van der Waals surface area contributed by atoms with E-state index in [1.54, 1.807) is 34.9 Å². The molecule has 29 heavy (non-hydrogen) atoms. The standard InChI is InChI=1S/C21H16F2N2O2S2/c1-27-18-7-4-14(10-16(18)23)12-29-21-24-17-8-9-28-19(17)20(26)25(21)11-13-2-5-15(22)6-3-13/h2-10H,11-12H2,1H3. The van der Waals surface area contributed by atoms with E-state index in [9.17, 15) is 13.6 Å². The van der Waals surface area contributed by atoms with Gasteiger partial charge in [0.2, 0.25) is 0 Å². The highest BCUT2D eigenvalue weighted by Crippen LogP contribution is 2.26. The molecule has 0 aliphatic heterocycles. The molecule has 4 nitrogen and oxygen atoms in total. The average molecular weight is 431 g/mol. The van der Waals surface area contributed by atoms with Crippen molar-refractivity contribution in [2.45, 2.75) is 17.5 Å². The van der Waals surface area contributed by atoms with Crippen molar-refractivity contribution in [1.29, 1.82) is 0 Å². The van der Waals surface area contributed by atoms with Gasteiger partial charge in [-0.15, -0.1) is 11.3 Å². The summed E-state index contributed by atoms with van der Waals surface area (Å²) in [5.74, 6) is -0.142. The quantitative estimate of drug-likeness (QED) is 0.316. The van der Waals surface area contributed by atoms with Gasteiger partial charge in [-0.05, 0) is 46.8 Å². The molecule has 0 amide bonds. The molecule has 8 heteroatoms. The van der Waals surface area contributed by atoms with E-state index in [-0.39, 0.29) is 23.7 Å². The van der Waals surface area contributed by atoms with E-state index in [0.29, 0.717) is 21.1 Å². The number of thioether (sulfide) groups is 1. The maximum Gasteiger partial charge on any atom is 0.272 e. The highest BCUT2D eigenvalue weighted by molar-refractivity contribution is 7.98. The molecule has 0 aliphatic rings. The average Bonchev–Trinajstić information content (AvgIpc) is 3.19. The van der Waals surface area contributed by atoms with E-state index in [0.717, 1.165) is 11.1 Å². The van der Waals surface area contributed by atoms with Crippen molar-refractivity contribution in [3.63, 3.8) is 0 Å². The van der Waals surface area contributed by atoms with Crippen molar-refractivity contribution < 1.29 is 13.5 Å². The number of thiophene rings is 1. The Kier molecular flexibility index (Phi) is 5.64. The Balaban J connectivity index is 1.67. The summed E-state index contributed by atoms with van der Waals surface area (Å²) >= 11 is 2.69. The summed E-state index contributed by atoms with van der Waals surface area (Å²) in [7, 11) is 1.42. The van der Waals surface area contributed by atoms with Crippen LogP contribution in [-0.2, 0) is 12.3 Å². The lowest BCUT2D eigenvalue weighted by Crippen LogP contribution is -2.23. The van der Waals surface area contributed by atoms with Gasteiger partial charge in [0.25, 0.3) is 5.56 Å². The zero-order valence-corrected chi connectivity index (χ0v) is 17.0. The summed E-state index contributed by atoms with van der Waals surface area (Å²) in [5.41, 5.74) is 2.04. The minimum atomic E-state index is -0.435. The smallest absolute Gasteiger partial charge is 0.272 e. The summed E-state index contributed by atoms with van der Waals surface area (Å²) in [5, 5.41) is 2.36. The Hall–Kier alpha value is -2.71. The van der Waals surface area contributed by atoms with E-state index < -0.39 is 5.82 Å². The van der Waals surface area contributed by atoms with Crippen LogP contribution in [0.2, 0.25) is 0 Å². The Morgan fingerprint density at radius 3 is 2.59 bits per heavy atom. The Bertz CT molecular complexity index is 1220. The molecule has 0 radical (unpaired) electrons. The van der Waals surface area contributed by atoms with Gasteiger partial charge in [-0.3, -0.25) is 9.36 Å². The van der Waals surface area contributed by atoms with Crippen LogP contribution in [0.25, 0.3) is 10.2 Å². The van der Waals surface area contributed by atoms with Crippen molar-refractivity contribution >= 4 is 33.3 Å². The van der Waals surface area contributed by atoms with Gasteiger partial charge in [0.15, 0.2) is 16.7 Å².